The van der Waals surface area contributed by atoms with Crippen molar-refractivity contribution in [3.63, 3.8) is 0 Å². The average Bonchev–Trinajstić information content (AvgIpc) is 3.26. The van der Waals surface area contributed by atoms with Crippen LogP contribution in [-0.4, -0.2) is 17.5 Å². The zero-order chi connectivity index (χ0) is 19.3. The molecule has 0 fully saturated rings. The Morgan fingerprint density at radius 2 is 2.00 bits per heavy atom. The second-order valence-electron chi connectivity index (χ2n) is 5.98. The van der Waals surface area contributed by atoms with E-state index in [1.54, 1.807) is 35.6 Å². The fourth-order valence-electron chi connectivity index (χ4n) is 2.89. The average molecular weight is 385 g/mol. The molecule has 0 saturated heterocycles. The fraction of sp³-hybridized carbons (Fsp3) is 0.0455. The van der Waals surface area contributed by atoms with Crippen LogP contribution in [0.25, 0.3) is 21.5 Å². The van der Waals surface area contributed by atoms with Gasteiger partial charge in [0.05, 0.1) is 21.7 Å². The number of para-hydroxylation sites is 1. The third kappa shape index (κ3) is 3.70. The number of nitrogens with one attached hydrogen (secondary N) is 1. The van der Waals surface area contributed by atoms with Crippen LogP contribution in [0.1, 0.15) is 10.4 Å². The number of amides is 1. The number of fused-ring (bicyclic) bond motifs is 1. The summed E-state index contributed by atoms with van der Waals surface area (Å²) in [5.41, 5.74) is 2.69. The molecule has 0 radical (unpaired) electrons. The lowest BCUT2D eigenvalue weighted by Crippen LogP contribution is -2.13. The predicted octanol–water partition coefficient (Wildman–Crippen LogP) is 5.12. The Hall–Kier alpha value is -3.69. The minimum atomic E-state index is -0.228. The summed E-state index contributed by atoms with van der Waals surface area (Å²) < 4.78 is 5.30. The van der Waals surface area contributed by atoms with E-state index < -0.39 is 0 Å². The molecular weight excluding hydrogens is 370 g/mol. The molecular formula is C22H15N3O2S. The molecule has 2 aromatic carbocycles. The van der Waals surface area contributed by atoms with Gasteiger partial charge in [0, 0.05) is 17.1 Å². The molecule has 0 unspecified atom stereocenters. The number of rotatable bonds is 5. The van der Waals surface area contributed by atoms with Gasteiger partial charge in [0.15, 0.2) is 6.61 Å². The molecule has 0 saturated carbocycles. The number of thiophene rings is 1. The molecule has 0 aliphatic heterocycles. The summed E-state index contributed by atoms with van der Waals surface area (Å²) >= 11 is 1.58. The Morgan fingerprint density at radius 3 is 2.82 bits per heavy atom. The third-order valence-corrected chi connectivity index (χ3v) is 5.02. The summed E-state index contributed by atoms with van der Waals surface area (Å²) in [4.78, 5) is 18.7. The van der Waals surface area contributed by atoms with Crippen LogP contribution in [0.4, 0.5) is 5.69 Å². The minimum absolute atomic E-state index is 0.0451. The number of carbonyl (C=O) groups is 1. The number of pyridine rings is 1. The zero-order valence-electron chi connectivity index (χ0n) is 14.8. The maximum Gasteiger partial charge on any atom is 0.256 e. The Labute approximate surface area is 165 Å². The number of nitriles is 1. The van der Waals surface area contributed by atoms with Gasteiger partial charge >= 0.3 is 0 Å². The second-order valence-corrected chi connectivity index (χ2v) is 6.93. The highest BCUT2D eigenvalue weighted by Gasteiger charge is 2.15. The second kappa shape index (κ2) is 7.91. The molecule has 0 aliphatic rings. The third-order valence-electron chi connectivity index (χ3n) is 4.13. The van der Waals surface area contributed by atoms with Crippen molar-refractivity contribution in [2.45, 2.75) is 0 Å². The van der Waals surface area contributed by atoms with Crippen molar-refractivity contribution >= 4 is 33.8 Å². The zero-order valence-corrected chi connectivity index (χ0v) is 15.6. The maximum atomic E-state index is 13.0. The highest BCUT2D eigenvalue weighted by molar-refractivity contribution is 7.13. The van der Waals surface area contributed by atoms with Gasteiger partial charge < -0.3 is 10.1 Å². The Morgan fingerprint density at radius 1 is 1.11 bits per heavy atom. The SMILES string of the molecule is N#CCOc1cccc(NC(=O)c2cc(-c3cccs3)nc3ccccc23)c1. The summed E-state index contributed by atoms with van der Waals surface area (Å²) in [6, 6.07) is 22.3. The van der Waals surface area contributed by atoms with Crippen LogP contribution in [0, 0.1) is 11.3 Å². The van der Waals surface area contributed by atoms with Crippen molar-refractivity contribution in [1.29, 1.82) is 5.26 Å². The largest absolute Gasteiger partial charge is 0.479 e. The lowest BCUT2D eigenvalue weighted by atomic mass is 10.1. The van der Waals surface area contributed by atoms with E-state index in [0.29, 0.717) is 17.0 Å². The predicted molar refractivity (Wildman–Crippen MR) is 111 cm³/mol. The van der Waals surface area contributed by atoms with Crippen molar-refractivity contribution in [2.24, 2.45) is 0 Å². The topological polar surface area (TPSA) is 75.0 Å². The van der Waals surface area contributed by atoms with Crippen LogP contribution < -0.4 is 10.1 Å². The number of ether oxygens (including phenoxy) is 1. The number of carbonyl (C=O) groups excluding carboxylic acids is 1. The van der Waals surface area contributed by atoms with Gasteiger partial charge in [0.25, 0.3) is 5.91 Å². The van der Waals surface area contributed by atoms with Crippen molar-refractivity contribution in [3.05, 3.63) is 77.7 Å². The smallest absolute Gasteiger partial charge is 0.256 e. The summed E-state index contributed by atoms with van der Waals surface area (Å²) in [7, 11) is 0. The molecule has 5 nitrogen and oxygen atoms in total. The number of hydrogen-bond donors (Lipinski definition) is 1. The van der Waals surface area contributed by atoms with Crippen molar-refractivity contribution in [2.75, 3.05) is 11.9 Å². The minimum Gasteiger partial charge on any atom is -0.479 e. The Balaban J connectivity index is 1.70. The number of aromatic nitrogens is 1. The molecule has 0 aliphatic carbocycles. The first-order valence-electron chi connectivity index (χ1n) is 8.59. The van der Waals surface area contributed by atoms with Gasteiger partial charge in [0.1, 0.15) is 11.8 Å². The number of nitrogens with zero attached hydrogens (tertiary/aromatic N) is 2. The van der Waals surface area contributed by atoms with Gasteiger partial charge in [-0.3, -0.25) is 4.79 Å². The highest BCUT2D eigenvalue weighted by Crippen LogP contribution is 2.28. The van der Waals surface area contributed by atoms with Gasteiger partial charge in [-0.1, -0.05) is 30.3 Å². The van der Waals surface area contributed by atoms with Gasteiger partial charge in [-0.15, -0.1) is 11.3 Å². The quantitative estimate of drug-likeness (QED) is 0.517. The number of benzene rings is 2. The maximum absolute atomic E-state index is 13.0. The van der Waals surface area contributed by atoms with Crippen molar-refractivity contribution in [1.82, 2.24) is 4.98 Å². The van der Waals surface area contributed by atoms with Crippen LogP contribution >= 0.6 is 11.3 Å². The van der Waals surface area contributed by atoms with Crippen LogP contribution in [-0.2, 0) is 0 Å². The van der Waals surface area contributed by atoms with Crippen molar-refractivity contribution in [3.8, 4) is 22.4 Å². The van der Waals surface area contributed by atoms with Gasteiger partial charge in [-0.05, 0) is 35.7 Å². The molecule has 1 amide bonds. The lowest BCUT2D eigenvalue weighted by molar-refractivity contribution is 0.102. The van der Waals surface area contributed by atoms with Crippen LogP contribution in [0.3, 0.4) is 0 Å². The van der Waals surface area contributed by atoms with E-state index in [0.717, 1.165) is 21.5 Å². The van der Waals surface area contributed by atoms with Crippen LogP contribution in [0.15, 0.2) is 72.1 Å². The van der Waals surface area contributed by atoms with Gasteiger partial charge in [0.2, 0.25) is 0 Å². The lowest BCUT2D eigenvalue weighted by Gasteiger charge is -2.11. The first-order chi connectivity index (χ1) is 13.7. The Bertz CT molecular complexity index is 1180. The molecule has 2 heterocycles. The summed E-state index contributed by atoms with van der Waals surface area (Å²) in [5, 5.41) is 14.3. The first kappa shape index (κ1) is 17.7. The van der Waals surface area contributed by atoms with E-state index in [9.17, 15) is 4.79 Å². The molecule has 0 spiro atoms. The number of hydrogen-bond acceptors (Lipinski definition) is 5. The highest BCUT2D eigenvalue weighted by atomic mass is 32.1. The monoisotopic (exact) mass is 385 g/mol. The fourth-order valence-corrected chi connectivity index (χ4v) is 3.58. The van der Waals surface area contributed by atoms with Gasteiger partial charge in [-0.25, -0.2) is 4.98 Å². The Kier molecular flexibility index (Phi) is 5.00. The molecule has 6 heteroatoms. The molecule has 1 N–H and O–H groups in total. The molecule has 2 aromatic heterocycles. The standard InChI is InChI=1S/C22H15N3O2S/c23-10-11-27-16-6-3-5-15(13-16)24-22(26)18-14-20(21-9-4-12-28-21)25-19-8-2-1-7-17(18)19/h1-9,12-14H,11H2,(H,24,26). The normalized spacial score (nSPS) is 10.4. The van der Waals surface area contributed by atoms with E-state index in [1.165, 1.54) is 0 Å². The summed E-state index contributed by atoms with van der Waals surface area (Å²) in [6.45, 7) is -0.0451. The number of anilines is 1. The summed E-state index contributed by atoms with van der Waals surface area (Å²) in [6.07, 6.45) is 0. The van der Waals surface area contributed by atoms with E-state index in [2.05, 4.69) is 5.32 Å². The molecule has 0 atom stereocenters. The van der Waals surface area contributed by atoms with Crippen LogP contribution in [0.5, 0.6) is 5.75 Å². The van der Waals surface area contributed by atoms with Crippen molar-refractivity contribution < 1.29 is 9.53 Å². The van der Waals surface area contributed by atoms with E-state index >= 15 is 0 Å². The van der Waals surface area contributed by atoms with Crippen LogP contribution in [0.2, 0.25) is 0 Å². The van der Waals surface area contributed by atoms with E-state index in [-0.39, 0.29) is 12.5 Å². The van der Waals surface area contributed by atoms with Gasteiger partial charge in [-0.2, -0.15) is 5.26 Å². The molecule has 4 rings (SSSR count). The molecule has 28 heavy (non-hydrogen) atoms. The van der Waals surface area contributed by atoms with E-state index in [4.69, 9.17) is 15.0 Å². The molecule has 4 aromatic rings. The first-order valence-corrected chi connectivity index (χ1v) is 9.47. The molecule has 136 valence electrons. The summed E-state index contributed by atoms with van der Waals surface area (Å²) in [5.74, 6) is 0.298. The molecule has 0 bridgehead atoms. The van der Waals surface area contributed by atoms with E-state index in [1.807, 2.05) is 53.9 Å².